The summed E-state index contributed by atoms with van der Waals surface area (Å²) in [7, 11) is 1.48. The van der Waals surface area contributed by atoms with Gasteiger partial charge >= 0.3 is 0 Å². The van der Waals surface area contributed by atoms with E-state index in [1.807, 2.05) is 0 Å². The van der Waals surface area contributed by atoms with Crippen molar-refractivity contribution in [2.45, 2.75) is 31.7 Å². The van der Waals surface area contributed by atoms with E-state index >= 15 is 0 Å². The van der Waals surface area contributed by atoms with Gasteiger partial charge in [-0.15, -0.1) is 0 Å². The third-order valence-electron chi connectivity index (χ3n) is 3.46. The topological polar surface area (TPSA) is 66.6 Å². The van der Waals surface area contributed by atoms with Gasteiger partial charge in [-0.05, 0) is 25.3 Å². The molecule has 0 aromatic heterocycles. The van der Waals surface area contributed by atoms with Crippen LogP contribution in [-0.4, -0.2) is 50.8 Å². The Labute approximate surface area is 98.8 Å². The van der Waals surface area contributed by atoms with E-state index in [9.17, 15) is 8.42 Å². The van der Waals surface area contributed by atoms with Gasteiger partial charge in [0.25, 0.3) is 10.2 Å². The lowest BCUT2D eigenvalue weighted by molar-refractivity contribution is 0.198. The summed E-state index contributed by atoms with van der Waals surface area (Å²) in [6, 6.07) is 0.0612. The van der Waals surface area contributed by atoms with Crippen LogP contribution >= 0.6 is 0 Å². The first-order chi connectivity index (χ1) is 7.41. The zero-order valence-electron chi connectivity index (χ0n) is 10.4. The molecule has 0 aromatic carbocycles. The van der Waals surface area contributed by atoms with Gasteiger partial charge in [-0.25, -0.2) is 0 Å². The van der Waals surface area contributed by atoms with Crippen LogP contribution in [0, 0.1) is 5.92 Å². The van der Waals surface area contributed by atoms with E-state index in [2.05, 4.69) is 0 Å². The minimum Gasteiger partial charge on any atom is -0.330 e. The van der Waals surface area contributed by atoms with Crippen LogP contribution in [0.15, 0.2) is 0 Å². The van der Waals surface area contributed by atoms with Crippen molar-refractivity contribution in [1.29, 1.82) is 0 Å². The van der Waals surface area contributed by atoms with Gasteiger partial charge in [-0.2, -0.15) is 17.0 Å². The lowest BCUT2D eigenvalue weighted by Crippen LogP contribution is -2.49. The van der Waals surface area contributed by atoms with Crippen molar-refractivity contribution in [2.75, 3.05) is 27.7 Å². The van der Waals surface area contributed by atoms with Crippen molar-refractivity contribution in [3.63, 3.8) is 0 Å². The minimum absolute atomic E-state index is 0.0612. The highest BCUT2D eigenvalue weighted by Crippen LogP contribution is 2.28. The lowest BCUT2D eigenvalue weighted by atomic mass is 9.85. The van der Waals surface area contributed by atoms with Crippen LogP contribution in [0.2, 0.25) is 0 Å². The highest BCUT2D eigenvalue weighted by Gasteiger charge is 2.34. The molecule has 0 spiro atoms. The largest absolute Gasteiger partial charge is 0.330 e. The predicted octanol–water partition coefficient (Wildman–Crippen LogP) is 0.242. The summed E-state index contributed by atoms with van der Waals surface area (Å²) in [5, 5.41) is 0. The average molecular weight is 249 g/mol. The lowest BCUT2D eigenvalue weighted by Gasteiger charge is -2.37. The third-order valence-corrected chi connectivity index (χ3v) is 5.39. The molecule has 0 aromatic rings. The Kier molecular flexibility index (Phi) is 4.73. The Morgan fingerprint density at radius 1 is 1.19 bits per heavy atom. The summed E-state index contributed by atoms with van der Waals surface area (Å²) < 4.78 is 26.8. The third kappa shape index (κ3) is 2.74. The van der Waals surface area contributed by atoms with E-state index in [1.165, 1.54) is 8.61 Å². The van der Waals surface area contributed by atoms with Gasteiger partial charge < -0.3 is 5.73 Å². The Morgan fingerprint density at radius 2 is 1.75 bits per heavy atom. The van der Waals surface area contributed by atoms with Crippen LogP contribution in [0.4, 0.5) is 0 Å². The number of nitrogens with two attached hydrogens (primary N) is 1. The number of nitrogens with zero attached hydrogens (tertiary/aromatic N) is 2. The molecule has 1 saturated carbocycles. The molecule has 1 aliphatic rings. The highest BCUT2D eigenvalue weighted by molar-refractivity contribution is 7.86. The molecule has 0 bridgehead atoms. The van der Waals surface area contributed by atoms with E-state index in [0.29, 0.717) is 12.5 Å². The van der Waals surface area contributed by atoms with Crippen LogP contribution in [0.25, 0.3) is 0 Å². The van der Waals surface area contributed by atoms with Gasteiger partial charge in [0.1, 0.15) is 0 Å². The molecule has 0 amide bonds. The first kappa shape index (κ1) is 13.9. The summed E-state index contributed by atoms with van der Waals surface area (Å²) >= 11 is 0. The zero-order valence-corrected chi connectivity index (χ0v) is 11.2. The highest BCUT2D eigenvalue weighted by atomic mass is 32.2. The monoisotopic (exact) mass is 249 g/mol. The molecule has 0 heterocycles. The molecule has 0 saturated heterocycles. The molecular weight excluding hydrogens is 226 g/mol. The fourth-order valence-electron chi connectivity index (χ4n) is 2.37. The fraction of sp³-hybridized carbons (Fsp3) is 1.00. The van der Waals surface area contributed by atoms with Crippen LogP contribution in [0.1, 0.15) is 25.7 Å². The standard InChI is InChI=1S/C10H23N3O2S/c1-12(2)16(14,15)13(3)10-7-5-4-6-9(10)8-11/h9-10H,4-8,11H2,1-3H3. The van der Waals surface area contributed by atoms with Crippen LogP contribution < -0.4 is 5.73 Å². The molecule has 96 valence electrons. The van der Waals surface area contributed by atoms with Crippen LogP contribution in [0.3, 0.4) is 0 Å². The van der Waals surface area contributed by atoms with Crippen LogP contribution in [0.5, 0.6) is 0 Å². The maximum Gasteiger partial charge on any atom is 0.281 e. The molecule has 2 atom stereocenters. The summed E-state index contributed by atoms with van der Waals surface area (Å²) in [6.07, 6.45) is 4.21. The summed E-state index contributed by atoms with van der Waals surface area (Å²) in [6.45, 7) is 0.567. The number of rotatable bonds is 4. The molecule has 0 aliphatic heterocycles. The molecule has 5 nitrogen and oxygen atoms in total. The van der Waals surface area contributed by atoms with E-state index in [4.69, 9.17) is 5.73 Å². The summed E-state index contributed by atoms with van der Waals surface area (Å²) in [5.74, 6) is 0.300. The Hall–Kier alpha value is -0.170. The molecular formula is C10H23N3O2S. The summed E-state index contributed by atoms with van der Waals surface area (Å²) in [5.41, 5.74) is 5.72. The second-order valence-electron chi connectivity index (χ2n) is 4.65. The Morgan fingerprint density at radius 3 is 2.25 bits per heavy atom. The van der Waals surface area contributed by atoms with E-state index in [-0.39, 0.29) is 6.04 Å². The maximum atomic E-state index is 12.0. The van der Waals surface area contributed by atoms with Crippen molar-refractivity contribution >= 4 is 10.2 Å². The second-order valence-corrected chi connectivity index (χ2v) is 6.86. The minimum atomic E-state index is -3.31. The quantitative estimate of drug-likeness (QED) is 0.776. The molecule has 1 rings (SSSR count). The maximum absolute atomic E-state index is 12.0. The predicted molar refractivity (Wildman–Crippen MR) is 65.2 cm³/mol. The smallest absolute Gasteiger partial charge is 0.281 e. The average Bonchev–Trinajstić information content (AvgIpc) is 2.27. The van der Waals surface area contributed by atoms with Crippen LogP contribution in [-0.2, 0) is 10.2 Å². The van der Waals surface area contributed by atoms with Gasteiger partial charge in [0, 0.05) is 27.2 Å². The van der Waals surface area contributed by atoms with Crippen molar-refractivity contribution in [3.05, 3.63) is 0 Å². The Bertz CT molecular complexity index is 316. The fourth-order valence-corrected chi connectivity index (χ4v) is 3.51. The van der Waals surface area contributed by atoms with Gasteiger partial charge in [-0.3, -0.25) is 0 Å². The summed E-state index contributed by atoms with van der Waals surface area (Å²) in [4.78, 5) is 0. The van der Waals surface area contributed by atoms with Crippen molar-refractivity contribution in [1.82, 2.24) is 8.61 Å². The molecule has 2 unspecified atom stereocenters. The normalized spacial score (nSPS) is 27.6. The van der Waals surface area contributed by atoms with Gasteiger partial charge in [0.15, 0.2) is 0 Å². The van der Waals surface area contributed by atoms with Gasteiger partial charge in [-0.1, -0.05) is 12.8 Å². The second kappa shape index (κ2) is 5.44. The number of hydrogen-bond acceptors (Lipinski definition) is 3. The number of hydrogen-bond donors (Lipinski definition) is 1. The van der Waals surface area contributed by atoms with E-state index in [1.54, 1.807) is 21.1 Å². The molecule has 16 heavy (non-hydrogen) atoms. The van der Waals surface area contributed by atoms with E-state index < -0.39 is 10.2 Å². The van der Waals surface area contributed by atoms with E-state index in [0.717, 1.165) is 25.7 Å². The zero-order chi connectivity index (χ0) is 12.3. The van der Waals surface area contributed by atoms with Gasteiger partial charge in [0.2, 0.25) is 0 Å². The molecule has 6 heteroatoms. The van der Waals surface area contributed by atoms with Crippen molar-refractivity contribution in [2.24, 2.45) is 11.7 Å². The van der Waals surface area contributed by atoms with Gasteiger partial charge in [0.05, 0.1) is 0 Å². The first-order valence-electron chi connectivity index (χ1n) is 5.76. The van der Waals surface area contributed by atoms with Crippen molar-refractivity contribution < 1.29 is 8.42 Å². The SMILES string of the molecule is CN(C)S(=O)(=O)N(C)C1CCCCC1CN. The first-order valence-corrected chi connectivity index (χ1v) is 7.16. The Balaban J connectivity index is 2.82. The molecule has 0 radical (unpaired) electrons. The van der Waals surface area contributed by atoms with Crippen molar-refractivity contribution in [3.8, 4) is 0 Å². The molecule has 1 fully saturated rings. The molecule has 2 N–H and O–H groups in total. The molecule has 1 aliphatic carbocycles.